The number of hydrogen-bond acceptors (Lipinski definition) is 2. The van der Waals surface area contributed by atoms with E-state index < -0.39 is 0 Å². The summed E-state index contributed by atoms with van der Waals surface area (Å²) in [5.41, 5.74) is 2.21. The van der Waals surface area contributed by atoms with E-state index in [1.54, 1.807) is 11.8 Å². The summed E-state index contributed by atoms with van der Waals surface area (Å²) in [5, 5.41) is 0. The summed E-state index contributed by atoms with van der Waals surface area (Å²) in [7, 11) is 0. The van der Waals surface area contributed by atoms with Crippen molar-refractivity contribution in [3.05, 3.63) is 24.0 Å². The van der Waals surface area contributed by atoms with Crippen molar-refractivity contribution in [1.82, 2.24) is 9.97 Å². The maximum Gasteiger partial charge on any atom is 0.104 e. The number of rotatable bonds is 1. The minimum absolute atomic E-state index is 0. The van der Waals surface area contributed by atoms with Gasteiger partial charge in [-0.2, -0.15) is 0 Å². The maximum absolute atomic E-state index is 4.35. The van der Waals surface area contributed by atoms with Crippen LogP contribution < -0.4 is 0 Å². The molecule has 0 aliphatic heterocycles. The minimum Gasteiger partial charge on any atom is -0.341 e. The van der Waals surface area contributed by atoms with Crippen LogP contribution in [0.1, 0.15) is 5.82 Å². The monoisotopic (exact) mass is 242 g/mol. The second-order valence-electron chi connectivity index (χ2n) is 2.68. The van der Waals surface area contributed by atoms with Crippen molar-refractivity contribution in [2.45, 2.75) is 11.8 Å². The first kappa shape index (κ1) is 10.7. The largest absolute Gasteiger partial charge is 0.341 e. The van der Waals surface area contributed by atoms with E-state index in [2.05, 4.69) is 22.3 Å². The molecule has 1 N–H and O–H groups in total. The van der Waals surface area contributed by atoms with Crippen molar-refractivity contribution in [2.24, 2.45) is 0 Å². The minimum atomic E-state index is 0. The Hall–Kier alpha value is -0.337. The van der Waals surface area contributed by atoms with Gasteiger partial charge in [-0.1, -0.05) is 6.07 Å². The molecule has 0 saturated carbocycles. The van der Waals surface area contributed by atoms with Crippen LogP contribution in [0, 0.1) is 6.92 Å². The number of thioether (sulfide) groups is 1. The third-order valence-electron chi connectivity index (χ3n) is 1.82. The maximum atomic E-state index is 4.35. The molecular weight excluding hydrogens is 234 g/mol. The topological polar surface area (TPSA) is 28.7 Å². The van der Waals surface area contributed by atoms with E-state index in [-0.39, 0.29) is 19.5 Å². The molecular formula is C9H10N2SZn. The first-order valence-corrected chi connectivity index (χ1v) is 5.03. The van der Waals surface area contributed by atoms with Crippen LogP contribution in [-0.2, 0) is 19.5 Å². The molecule has 0 aliphatic rings. The molecule has 0 saturated heterocycles. The number of imidazole rings is 1. The first-order chi connectivity index (χ1) is 5.81. The summed E-state index contributed by atoms with van der Waals surface area (Å²) in [4.78, 5) is 8.86. The van der Waals surface area contributed by atoms with Crippen LogP contribution in [0.25, 0.3) is 11.0 Å². The molecule has 0 bridgehead atoms. The number of aromatic amines is 1. The summed E-state index contributed by atoms with van der Waals surface area (Å²) in [6.45, 7) is 1.98. The third kappa shape index (κ3) is 1.95. The van der Waals surface area contributed by atoms with Crippen molar-refractivity contribution < 1.29 is 19.5 Å². The number of nitrogens with one attached hydrogen (secondary N) is 1. The Bertz CT molecular complexity index is 411. The molecule has 0 unspecified atom stereocenters. The van der Waals surface area contributed by atoms with Gasteiger partial charge in [-0.15, -0.1) is 11.8 Å². The van der Waals surface area contributed by atoms with Crippen LogP contribution in [0.2, 0.25) is 0 Å². The average molecular weight is 244 g/mol. The number of H-pyrrole nitrogens is 1. The van der Waals surface area contributed by atoms with Gasteiger partial charge in [0.25, 0.3) is 0 Å². The van der Waals surface area contributed by atoms with Crippen molar-refractivity contribution in [2.75, 3.05) is 6.26 Å². The van der Waals surface area contributed by atoms with Gasteiger partial charge < -0.3 is 4.98 Å². The molecule has 0 radical (unpaired) electrons. The summed E-state index contributed by atoms with van der Waals surface area (Å²) >= 11 is 1.74. The summed E-state index contributed by atoms with van der Waals surface area (Å²) in [5.74, 6) is 0.978. The Balaban J connectivity index is 0.000000845. The molecule has 0 fully saturated rings. The first-order valence-electron chi connectivity index (χ1n) is 3.80. The summed E-state index contributed by atoms with van der Waals surface area (Å²) in [6, 6.07) is 6.16. The van der Waals surface area contributed by atoms with Gasteiger partial charge in [0.05, 0.1) is 11.0 Å². The Morgan fingerprint density at radius 2 is 2.15 bits per heavy atom. The zero-order valence-electron chi connectivity index (χ0n) is 7.79. The van der Waals surface area contributed by atoms with Crippen molar-refractivity contribution in [3.63, 3.8) is 0 Å². The fourth-order valence-electron chi connectivity index (χ4n) is 1.30. The molecule has 2 nitrogen and oxygen atoms in total. The number of aromatic nitrogens is 2. The van der Waals surface area contributed by atoms with E-state index in [1.807, 2.05) is 19.1 Å². The van der Waals surface area contributed by atoms with Crippen LogP contribution >= 0.6 is 11.8 Å². The van der Waals surface area contributed by atoms with Crippen LogP contribution in [0.15, 0.2) is 23.1 Å². The average Bonchev–Trinajstić information content (AvgIpc) is 2.44. The molecule has 0 amide bonds. The van der Waals surface area contributed by atoms with Crippen LogP contribution in [0.5, 0.6) is 0 Å². The van der Waals surface area contributed by atoms with Crippen LogP contribution in [-0.4, -0.2) is 16.2 Å². The molecule has 4 heteroatoms. The number of aryl methyl sites for hydroxylation is 1. The predicted octanol–water partition coefficient (Wildman–Crippen LogP) is 2.59. The van der Waals surface area contributed by atoms with E-state index >= 15 is 0 Å². The van der Waals surface area contributed by atoms with Crippen molar-refractivity contribution >= 4 is 22.8 Å². The second kappa shape index (κ2) is 4.25. The predicted molar refractivity (Wildman–Crippen MR) is 52.6 cm³/mol. The number of para-hydroxylation sites is 1. The normalized spacial score (nSPS) is 10.0. The molecule has 0 aliphatic carbocycles. The molecule has 2 rings (SSSR count). The fourth-order valence-corrected chi connectivity index (χ4v) is 1.87. The quantitative estimate of drug-likeness (QED) is 0.616. The van der Waals surface area contributed by atoms with E-state index in [9.17, 15) is 0 Å². The Kier molecular flexibility index (Phi) is 3.51. The van der Waals surface area contributed by atoms with Crippen molar-refractivity contribution in [1.29, 1.82) is 0 Å². The Labute approximate surface area is 94.3 Å². The summed E-state index contributed by atoms with van der Waals surface area (Å²) in [6.07, 6.45) is 2.07. The molecule has 0 spiro atoms. The number of fused-ring (bicyclic) bond motifs is 1. The van der Waals surface area contributed by atoms with Crippen LogP contribution in [0.3, 0.4) is 0 Å². The van der Waals surface area contributed by atoms with Gasteiger partial charge in [0.15, 0.2) is 0 Å². The van der Waals surface area contributed by atoms with E-state index in [1.165, 1.54) is 4.90 Å². The van der Waals surface area contributed by atoms with Gasteiger partial charge in [0, 0.05) is 24.4 Å². The summed E-state index contributed by atoms with van der Waals surface area (Å²) < 4.78 is 0. The van der Waals surface area contributed by atoms with E-state index in [0.717, 1.165) is 16.9 Å². The van der Waals surface area contributed by atoms with Gasteiger partial charge in [-0.3, -0.25) is 0 Å². The van der Waals surface area contributed by atoms with Gasteiger partial charge in [0.2, 0.25) is 0 Å². The molecule has 0 atom stereocenters. The molecule has 64 valence electrons. The number of benzene rings is 1. The second-order valence-corrected chi connectivity index (χ2v) is 3.52. The van der Waals surface area contributed by atoms with E-state index in [0.29, 0.717) is 0 Å². The zero-order chi connectivity index (χ0) is 8.55. The Morgan fingerprint density at radius 1 is 1.38 bits per heavy atom. The van der Waals surface area contributed by atoms with Crippen molar-refractivity contribution in [3.8, 4) is 0 Å². The van der Waals surface area contributed by atoms with Gasteiger partial charge >= 0.3 is 0 Å². The number of hydrogen-bond donors (Lipinski definition) is 1. The molecule has 1 aromatic carbocycles. The SMILES string of the molecule is CSc1cccc2nc(C)[nH]c12.[Zn]. The standard InChI is InChI=1S/C9H10N2S.Zn/c1-6-10-7-4-3-5-8(12-2)9(7)11-6;/h3-5H,1-2H3,(H,10,11);. The molecule has 13 heavy (non-hydrogen) atoms. The van der Waals surface area contributed by atoms with Gasteiger partial charge in [-0.05, 0) is 25.3 Å². The Morgan fingerprint density at radius 3 is 2.85 bits per heavy atom. The third-order valence-corrected chi connectivity index (χ3v) is 2.60. The van der Waals surface area contributed by atoms with Gasteiger partial charge in [-0.25, -0.2) is 4.98 Å². The molecule has 2 aromatic rings. The smallest absolute Gasteiger partial charge is 0.104 e. The number of nitrogens with zero attached hydrogens (tertiary/aromatic N) is 1. The zero-order valence-corrected chi connectivity index (χ0v) is 11.6. The molecule has 1 aromatic heterocycles. The van der Waals surface area contributed by atoms with Gasteiger partial charge in [0.1, 0.15) is 5.82 Å². The fraction of sp³-hybridized carbons (Fsp3) is 0.222. The van der Waals surface area contributed by atoms with Crippen LogP contribution in [0.4, 0.5) is 0 Å². The molecule has 1 heterocycles. The van der Waals surface area contributed by atoms with E-state index in [4.69, 9.17) is 0 Å².